The number of carbonyl (C=O) groups excluding carboxylic acids is 1. The molecular formula is C18H23NO5. The van der Waals surface area contributed by atoms with E-state index >= 15 is 0 Å². The van der Waals surface area contributed by atoms with Gasteiger partial charge in [0.15, 0.2) is 0 Å². The van der Waals surface area contributed by atoms with Gasteiger partial charge in [-0.05, 0) is 50.3 Å². The van der Waals surface area contributed by atoms with E-state index in [4.69, 9.17) is 14.6 Å². The third kappa shape index (κ3) is 4.26. The lowest BCUT2D eigenvalue weighted by atomic mass is 10.1. The predicted molar refractivity (Wildman–Crippen MR) is 87.1 cm³/mol. The highest BCUT2D eigenvalue weighted by Crippen LogP contribution is 2.26. The van der Waals surface area contributed by atoms with Crippen LogP contribution in [-0.2, 0) is 9.53 Å². The van der Waals surface area contributed by atoms with Gasteiger partial charge in [-0.25, -0.2) is 0 Å². The average molecular weight is 333 g/mol. The summed E-state index contributed by atoms with van der Waals surface area (Å²) < 4.78 is 11.2. The molecule has 1 aliphatic heterocycles. The minimum absolute atomic E-state index is 0.0740. The Kier molecular flexibility index (Phi) is 5.35. The molecule has 1 heterocycles. The molecule has 1 amide bonds. The Hall–Kier alpha value is -2.08. The van der Waals surface area contributed by atoms with E-state index in [9.17, 15) is 9.59 Å². The van der Waals surface area contributed by atoms with Gasteiger partial charge >= 0.3 is 5.97 Å². The van der Waals surface area contributed by atoms with Gasteiger partial charge in [0.05, 0.1) is 12.0 Å². The quantitative estimate of drug-likeness (QED) is 0.834. The average Bonchev–Trinajstić information content (AvgIpc) is 3.25. The van der Waals surface area contributed by atoms with Crippen LogP contribution in [-0.4, -0.2) is 42.3 Å². The van der Waals surface area contributed by atoms with Crippen molar-refractivity contribution >= 4 is 11.9 Å². The number of carboxylic acids is 1. The second-order valence-electron chi connectivity index (χ2n) is 6.49. The van der Waals surface area contributed by atoms with E-state index in [1.54, 1.807) is 18.2 Å². The van der Waals surface area contributed by atoms with Gasteiger partial charge in [-0.1, -0.05) is 6.07 Å². The normalized spacial score (nSPS) is 26.2. The third-order valence-electron chi connectivity index (χ3n) is 4.67. The van der Waals surface area contributed by atoms with E-state index in [2.05, 4.69) is 5.32 Å². The minimum atomic E-state index is -0.781. The molecule has 24 heavy (non-hydrogen) atoms. The minimum Gasteiger partial charge on any atom is -0.491 e. The molecule has 6 heteroatoms. The van der Waals surface area contributed by atoms with E-state index in [-0.39, 0.29) is 24.0 Å². The molecule has 0 bridgehead atoms. The zero-order valence-electron chi connectivity index (χ0n) is 13.6. The summed E-state index contributed by atoms with van der Waals surface area (Å²) in [4.78, 5) is 23.3. The van der Waals surface area contributed by atoms with E-state index in [0.29, 0.717) is 37.2 Å². The monoisotopic (exact) mass is 333 g/mol. The fraction of sp³-hybridized carbons (Fsp3) is 0.556. The number of nitrogens with one attached hydrogen (secondary N) is 1. The molecule has 1 saturated carbocycles. The Morgan fingerprint density at radius 2 is 2.17 bits per heavy atom. The molecule has 1 unspecified atom stereocenters. The first kappa shape index (κ1) is 16.8. The van der Waals surface area contributed by atoms with Crippen molar-refractivity contribution in [3.63, 3.8) is 0 Å². The van der Waals surface area contributed by atoms with E-state index in [1.807, 2.05) is 6.07 Å². The van der Waals surface area contributed by atoms with Gasteiger partial charge in [-0.15, -0.1) is 0 Å². The molecule has 1 aromatic rings. The fourth-order valence-electron chi connectivity index (χ4n) is 3.30. The highest BCUT2D eigenvalue weighted by Gasteiger charge is 2.30. The first-order valence-corrected chi connectivity index (χ1v) is 8.50. The maximum Gasteiger partial charge on any atom is 0.306 e. The predicted octanol–water partition coefficient (Wildman–Crippen LogP) is 2.23. The van der Waals surface area contributed by atoms with Crippen LogP contribution in [0, 0.1) is 5.92 Å². The maximum atomic E-state index is 12.4. The first-order valence-electron chi connectivity index (χ1n) is 8.50. The van der Waals surface area contributed by atoms with Crippen molar-refractivity contribution in [2.75, 3.05) is 13.2 Å². The van der Waals surface area contributed by atoms with Crippen LogP contribution in [0.3, 0.4) is 0 Å². The van der Waals surface area contributed by atoms with Crippen molar-refractivity contribution in [3.8, 4) is 5.75 Å². The maximum absolute atomic E-state index is 12.4. The Morgan fingerprint density at radius 3 is 2.88 bits per heavy atom. The number of carbonyl (C=O) groups is 2. The topological polar surface area (TPSA) is 84.9 Å². The number of amides is 1. The Labute approximate surface area is 141 Å². The largest absolute Gasteiger partial charge is 0.491 e. The van der Waals surface area contributed by atoms with Crippen LogP contribution in [0.25, 0.3) is 0 Å². The molecule has 1 aliphatic carbocycles. The Balaban J connectivity index is 1.53. The zero-order chi connectivity index (χ0) is 16.9. The molecule has 1 saturated heterocycles. The molecule has 2 N–H and O–H groups in total. The van der Waals surface area contributed by atoms with Gasteiger partial charge in [0.2, 0.25) is 0 Å². The number of carboxylic acid groups (broad SMARTS) is 1. The lowest BCUT2D eigenvalue weighted by Gasteiger charge is -2.14. The van der Waals surface area contributed by atoms with E-state index < -0.39 is 5.97 Å². The van der Waals surface area contributed by atoms with Crippen LogP contribution in [0.15, 0.2) is 24.3 Å². The van der Waals surface area contributed by atoms with Crippen LogP contribution in [0.2, 0.25) is 0 Å². The highest BCUT2D eigenvalue weighted by molar-refractivity contribution is 5.94. The van der Waals surface area contributed by atoms with Gasteiger partial charge in [0.1, 0.15) is 12.4 Å². The number of hydrogen-bond acceptors (Lipinski definition) is 4. The number of rotatable bonds is 6. The van der Waals surface area contributed by atoms with Crippen LogP contribution in [0.4, 0.5) is 0 Å². The number of aliphatic carboxylic acids is 1. The summed E-state index contributed by atoms with van der Waals surface area (Å²) in [6, 6.07) is 6.98. The lowest BCUT2D eigenvalue weighted by Crippen LogP contribution is -2.33. The van der Waals surface area contributed by atoms with Crippen molar-refractivity contribution in [1.29, 1.82) is 0 Å². The van der Waals surface area contributed by atoms with Crippen LogP contribution < -0.4 is 10.1 Å². The van der Waals surface area contributed by atoms with E-state index in [0.717, 1.165) is 19.4 Å². The zero-order valence-corrected chi connectivity index (χ0v) is 13.6. The summed E-state index contributed by atoms with van der Waals surface area (Å²) in [7, 11) is 0. The standard InChI is InChI=1S/C18H23NO5/c20-17(19-14-7-6-13(9-14)18(21)22)12-3-1-4-15(10-12)24-11-16-5-2-8-23-16/h1,3-4,10,13-14,16H,2,5-9,11H2,(H,19,20)(H,21,22)/t13-,14+,16?/m0/s1. The number of ether oxygens (including phenoxy) is 2. The Morgan fingerprint density at radius 1 is 1.29 bits per heavy atom. The second kappa shape index (κ2) is 7.66. The molecular weight excluding hydrogens is 310 g/mol. The first-order chi connectivity index (χ1) is 11.6. The third-order valence-corrected chi connectivity index (χ3v) is 4.67. The van der Waals surface area contributed by atoms with Crippen molar-refractivity contribution in [2.45, 2.75) is 44.2 Å². The summed E-state index contributed by atoms with van der Waals surface area (Å²) in [6.45, 7) is 1.28. The lowest BCUT2D eigenvalue weighted by molar-refractivity contribution is -0.141. The fourth-order valence-corrected chi connectivity index (χ4v) is 3.30. The molecule has 2 aliphatic rings. The van der Waals surface area contributed by atoms with Gasteiger partial charge in [-0.2, -0.15) is 0 Å². The molecule has 3 atom stereocenters. The highest BCUT2D eigenvalue weighted by atomic mass is 16.5. The molecule has 0 spiro atoms. The van der Waals surface area contributed by atoms with Crippen molar-refractivity contribution < 1.29 is 24.2 Å². The van der Waals surface area contributed by atoms with Crippen molar-refractivity contribution in [1.82, 2.24) is 5.32 Å². The smallest absolute Gasteiger partial charge is 0.306 e. The summed E-state index contributed by atoms with van der Waals surface area (Å²) >= 11 is 0. The van der Waals surface area contributed by atoms with Gasteiger partial charge in [-0.3, -0.25) is 9.59 Å². The van der Waals surface area contributed by atoms with Crippen molar-refractivity contribution in [3.05, 3.63) is 29.8 Å². The molecule has 130 valence electrons. The number of benzene rings is 1. The van der Waals surface area contributed by atoms with Gasteiger partial charge in [0, 0.05) is 18.2 Å². The molecule has 3 rings (SSSR count). The van der Waals surface area contributed by atoms with Crippen LogP contribution in [0.1, 0.15) is 42.5 Å². The van der Waals surface area contributed by atoms with Crippen LogP contribution >= 0.6 is 0 Å². The van der Waals surface area contributed by atoms with Crippen molar-refractivity contribution in [2.24, 2.45) is 5.92 Å². The molecule has 1 aromatic carbocycles. The summed E-state index contributed by atoms with van der Waals surface area (Å²) in [6.07, 6.45) is 4.02. The Bertz CT molecular complexity index is 597. The summed E-state index contributed by atoms with van der Waals surface area (Å²) in [5, 5.41) is 11.9. The summed E-state index contributed by atoms with van der Waals surface area (Å²) in [5.41, 5.74) is 0.526. The molecule has 0 aromatic heterocycles. The molecule has 6 nitrogen and oxygen atoms in total. The molecule has 0 radical (unpaired) electrons. The molecule has 2 fully saturated rings. The van der Waals surface area contributed by atoms with Crippen LogP contribution in [0.5, 0.6) is 5.75 Å². The van der Waals surface area contributed by atoms with E-state index in [1.165, 1.54) is 0 Å². The summed E-state index contributed by atoms with van der Waals surface area (Å²) in [5.74, 6) is -0.672. The van der Waals surface area contributed by atoms with Gasteiger partial charge in [0.25, 0.3) is 5.91 Å². The number of hydrogen-bond donors (Lipinski definition) is 2. The van der Waals surface area contributed by atoms with Gasteiger partial charge < -0.3 is 19.9 Å². The second-order valence-corrected chi connectivity index (χ2v) is 6.49. The SMILES string of the molecule is O=C(N[C@@H]1CC[C@H](C(=O)O)C1)c1cccc(OCC2CCCO2)c1.